The summed E-state index contributed by atoms with van der Waals surface area (Å²) in [6.45, 7) is 0. The molecule has 0 spiro atoms. The summed E-state index contributed by atoms with van der Waals surface area (Å²) in [6, 6.07) is 3.29. The van der Waals surface area contributed by atoms with Crippen molar-refractivity contribution in [3.8, 4) is 5.75 Å². The Hall–Kier alpha value is 0.0300. The predicted octanol–water partition coefficient (Wildman–Crippen LogP) is 4.41. The van der Waals surface area contributed by atoms with E-state index in [0.717, 1.165) is 12.8 Å². The van der Waals surface area contributed by atoms with Gasteiger partial charge in [0.1, 0.15) is 5.75 Å². The number of methoxy groups -OCH3 is 1. The van der Waals surface area contributed by atoms with E-state index in [1.165, 1.54) is 7.11 Å². The first-order chi connectivity index (χ1) is 9.36. The summed E-state index contributed by atoms with van der Waals surface area (Å²) in [7, 11) is -1.59. The molecule has 0 N–H and O–H groups in total. The lowest BCUT2D eigenvalue weighted by Gasteiger charge is -2.27. The van der Waals surface area contributed by atoms with E-state index in [2.05, 4.69) is 15.9 Å². The molecular formula is C13H15BrCl2O3S. The molecular weight excluding hydrogens is 387 g/mol. The Morgan fingerprint density at radius 3 is 2.60 bits per heavy atom. The second-order valence-corrected chi connectivity index (χ2v) is 8.95. The molecule has 0 bridgehead atoms. The van der Waals surface area contributed by atoms with Crippen molar-refractivity contribution in [3.63, 3.8) is 0 Å². The summed E-state index contributed by atoms with van der Waals surface area (Å²) in [6.07, 6.45) is 2.28. The standard InChI is InChI=1S/C13H15BrCl2O3S/c1-19-11-7-9(15)8(6-10(11)16)13(14)12-4-2-3-5-20(12,17)18/h6-7,12-13H,2-5H2,1H3. The van der Waals surface area contributed by atoms with Crippen molar-refractivity contribution < 1.29 is 13.2 Å². The van der Waals surface area contributed by atoms with E-state index in [-0.39, 0.29) is 10.6 Å². The van der Waals surface area contributed by atoms with Crippen LogP contribution in [0.4, 0.5) is 0 Å². The van der Waals surface area contributed by atoms with Gasteiger partial charge in [0.15, 0.2) is 9.84 Å². The van der Waals surface area contributed by atoms with Crippen LogP contribution < -0.4 is 4.74 Å². The SMILES string of the molecule is COc1cc(Cl)c(C(Br)C2CCCCS2(=O)=O)cc1Cl. The molecule has 0 aliphatic carbocycles. The molecule has 0 aromatic heterocycles. The highest BCUT2D eigenvalue weighted by atomic mass is 79.9. The van der Waals surface area contributed by atoms with Crippen LogP contribution in [0.5, 0.6) is 5.75 Å². The zero-order valence-electron chi connectivity index (χ0n) is 10.9. The van der Waals surface area contributed by atoms with Crippen LogP contribution in [-0.2, 0) is 9.84 Å². The maximum atomic E-state index is 12.2. The number of rotatable bonds is 3. The number of ether oxygens (including phenoxy) is 1. The fraction of sp³-hybridized carbons (Fsp3) is 0.538. The number of halogens is 3. The van der Waals surface area contributed by atoms with Crippen LogP contribution in [0.15, 0.2) is 12.1 Å². The van der Waals surface area contributed by atoms with E-state index >= 15 is 0 Å². The van der Waals surface area contributed by atoms with Crippen molar-refractivity contribution in [2.75, 3.05) is 12.9 Å². The lowest BCUT2D eigenvalue weighted by Crippen LogP contribution is -2.31. The van der Waals surface area contributed by atoms with Gasteiger partial charge in [-0.15, -0.1) is 0 Å². The number of sulfone groups is 1. The fourth-order valence-corrected chi connectivity index (χ4v) is 6.65. The zero-order chi connectivity index (χ0) is 14.9. The molecule has 3 nitrogen and oxygen atoms in total. The van der Waals surface area contributed by atoms with Crippen LogP contribution in [0, 0.1) is 0 Å². The van der Waals surface area contributed by atoms with E-state index in [0.29, 0.717) is 27.8 Å². The van der Waals surface area contributed by atoms with E-state index in [9.17, 15) is 8.42 Å². The number of alkyl halides is 1. The molecule has 112 valence electrons. The van der Waals surface area contributed by atoms with E-state index < -0.39 is 15.1 Å². The summed E-state index contributed by atoms with van der Waals surface area (Å²) in [5.41, 5.74) is 0.688. The van der Waals surface area contributed by atoms with Crippen molar-refractivity contribution in [1.82, 2.24) is 0 Å². The Kier molecular flexibility index (Phi) is 5.27. The highest BCUT2D eigenvalue weighted by Gasteiger charge is 2.36. The number of hydrogen-bond donors (Lipinski definition) is 0. The monoisotopic (exact) mass is 400 g/mol. The Balaban J connectivity index is 2.38. The molecule has 2 atom stereocenters. The van der Waals surface area contributed by atoms with Crippen molar-refractivity contribution in [2.45, 2.75) is 29.3 Å². The first-order valence-electron chi connectivity index (χ1n) is 6.25. The van der Waals surface area contributed by atoms with Crippen LogP contribution >= 0.6 is 39.1 Å². The molecule has 1 aliphatic heterocycles. The van der Waals surface area contributed by atoms with E-state index in [1.54, 1.807) is 12.1 Å². The Morgan fingerprint density at radius 1 is 1.30 bits per heavy atom. The van der Waals surface area contributed by atoms with Crippen molar-refractivity contribution in [2.24, 2.45) is 0 Å². The van der Waals surface area contributed by atoms with Gasteiger partial charge < -0.3 is 4.74 Å². The second kappa shape index (κ2) is 6.42. The highest BCUT2D eigenvalue weighted by molar-refractivity contribution is 9.09. The van der Waals surface area contributed by atoms with E-state index in [1.807, 2.05) is 0 Å². The molecule has 1 saturated heterocycles. The molecule has 1 heterocycles. The molecule has 7 heteroatoms. The summed E-state index contributed by atoms with van der Waals surface area (Å²) in [4.78, 5) is -0.358. The normalized spacial score (nSPS) is 23.3. The summed E-state index contributed by atoms with van der Waals surface area (Å²) in [5, 5.41) is 0.414. The van der Waals surface area contributed by atoms with Gasteiger partial charge >= 0.3 is 0 Å². The molecule has 1 aromatic carbocycles. The third kappa shape index (κ3) is 3.26. The van der Waals surface area contributed by atoms with Gasteiger partial charge in [-0.1, -0.05) is 45.6 Å². The molecule has 0 amide bonds. The van der Waals surface area contributed by atoms with Crippen molar-refractivity contribution in [3.05, 3.63) is 27.7 Å². The molecule has 20 heavy (non-hydrogen) atoms. The molecule has 1 aliphatic rings. The van der Waals surface area contributed by atoms with Gasteiger partial charge in [0.2, 0.25) is 0 Å². The zero-order valence-corrected chi connectivity index (χ0v) is 14.8. The number of benzene rings is 1. The van der Waals surface area contributed by atoms with E-state index in [4.69, 9.17) is 27.9 Å². The van der Waals surface area contributed by atoms with Crippen LogP contribution in [-0.4, -0.2) is 26.5 Å². The van der Waals surface area contributed by atoms with Crippen LogP contribution in [0.1, 0.15) is 29.7 Å². The molecule has 1 fully saturated rings. The minimum absolute atomic E-state index is 0.237. The first kappa shape index (κ1) is 16.4. The highest BCUT2D eigenvalue weighted by Crippen LogP contribution is 2.42. The lowest BCUT2D eigenvalue weighted by atomic mass is 10.0. The Bertz CT molecular complexity index is 604. The van der Waals surface area contributed by atoms with Gasteiger partial charge in [-0.3, -0.25) is 0 Å². The molecule has 0 saturated carbocycles. The molecule has 1 aromatic rings. The molecule has 2 rings (SSSR count). The second-order valence-electron chi connectivity index (χ2n) is 4.81. The quantitative estimate of drug-likeness (QED) is 0.704. The molecule has 2 unspecified atom stereocenters. The Morgan fingerprint density at radius 2 is 2.00 bits per heavy atom. The van der Waals surface area contributed by atoms with Gasteiger partial charge in [0.25, 0.3) is 0 Å². The van der Waals surface area contributed by atoms with Crippen molar-refractivity contribution in [1.29, 1.82) is 0 Å². The van der Waals surface area contributed by atoms with Gasteiger partial charge in [0.05, 0.1) is 28.0 Å². The lowest BCUT2D eigenvalue weighted by molar-refractivity contribution is 0.415. The van der Waals surface area contributed by atoms with Crippen LogP contribution in [0.3, 0.4) is 0 Å². The third-order valence-electron chi connectivity index (χ3n) is 3.52. The summed E-state index contributed by atoms with van der Waals surface area (Å²) < 4.78 is 29.5. The largest absolute Gasteiger partial charge is 0.495 e. The first-order valence-corrected chi connectivity index (χ1v) is 9.64. The maximum Gasteiger partial charge on any atom is 0.154 e. The summed E-state index contributed by atoms with van der Waals surface area (Å²) in [5.74, 6) is 0.716. The third-order valence-corrected chi connectivity index (χ3v) is 7.92. The van der Waals surface area contributed by atoms with Gasteiger partial charge in [-0.25, -0.2) is 8.42 Å². The molecule has 0 radical (unpaired) electrons. The fourth-order valence-electron chi connectivity index (χ4n) is 2.42. The average Bonchev–Trinajstić information content (AvgIpc) is 2.39. The van der Waals surface area contributed by atoms with Crippen LogP contribution in [0.25, 0.3) is 0 Å². The smallest absolute Gasteiger partial charge is 0.154 e. The van der Waals surface area contributed by atoms with Gasteiger partial charge in [-0.05, 0) is 24.5 Å². The maximum absolute atomic E-state index is 12.2. The minimum atomic E-state index is -3.10. The Labute approximate surface area is 137 Å². The summed E-state index contributed by atoms with van der Waals surface area (Å²) >= 11 is 15.8. The average molecular weight is 402 g/mol. The minimum Gasteiger partial charge on any atom is -0.495 e. The van der Waals surface area contributed by atoms with Crippen LogP contribution in [0.2, 0.25) is 10.0 Å². The number of hydrogen-bond acceptors (Lipinski definition) is 3. The van der Waals surface area contributed by atoms with Gasteiger partial charge in [0, 0.05) is 11.1 Å². The van der Waals surface area contributed by atoms with Gasteiger partial charge in [-0.2, -0.15) is 0 Å². The predicted molar refractivity (Wildman–Crippen MR) is 86.1 cm³/mol. The van der Waals surface area contributed by atoms with Crippen molar-refractivity contribution >= 4 is 49.0 Å². The topological polar surface area (TPSA) is 43.4 Å².